The lowest BCUT2D eigenvalue weighted by molar-refractivity contribution is 0.0527. The van der Waals surface area contributed by atoms with Crippen molar-refractivity contribution in [2.75, 3.05) is 11.9 Å². The van der Waals surface area contributed by atoms with Crippen LogP contribution in [0.25, 0.3) is 0 Å². The van der Waals surface area contributed by atoms with Crippen LogP contribution < -0.4 is 5.32 Å². The summed E-state index contributed by atoms with van der Waals surface area (Å²) in [6, 6.07) is 3.05. The number of amides is 1. The van der Waals surface area contributed by atoms with Gasteiger partial charge in [0.05, 0.1) is 12.2 Å². The van der Waals surface area contributed by atoms with Crippen molar-refractivity contribution in [1.82, 2.24) is 4.98 Å². The minimum atomic E-state index is -0.390. The predicted molar refractivity (Wildman–Crippen MR) is 89.5 cm³/mol. The third kappa shape index (κ3) is 3.54. The number of anilines is 1. The zero-order valence-corrected chi connectivity index (χ0v) is 14.0. The van der Waals surface area contributed by atoms with Crippen LogP contribution in [0.15, 0.2) is 23.7 Å². The Morgan fingerprint density at radius 2 is 2.26 bits per heavy atom. The summed E-state index contributed by atoms with van der Waals surface area (Å²) in [5, 5.41) is 5.48. The predicted octanol–water partition coefficient (Wildman–Crippen LogP) is 4.10. The number of pyridine rings is 1. The molecule has 2 aromatic rings. The van der Waals surface area contributed by atoms with E-state index in [-0.39, 0.29) is 11.1 Å². The molecular formula is C16H15ClN2O3S. The van der Waals surface area contributed by atoms with Gasteiger partial charge in [-0.05, 0) is 48.8 Å². The molecule has 2 heterocycles. The van der Waals surface area contributed by atoms with E-state index in [1.165, 1.54) is 23.6 Å². The molecule has 5 nitrogen and oxygen atoms in total. The van der Waals surface area contributed by atoms with Crippen molar-refractivity contribution in [3.05, 3.63) is 45.6 Å². The van der Waals surface area contributed by atoms with Gasteiger partial charge in [0.1, 0.15) is 10.2 Å². The van der Waals surface area contributed by atoms with Crippen molar-refractivity contribution in [3.8, 4) is 0 Å². The Labute approximate surface area is 142 Å². The van der Waals surface area contributed by atoms with Gasteiger partial charge in [0.2, 0.25) is 0 Å². The second kappa shape index (κ2) is 6.68. The van der Waals surface area contributed by atoms with E-state index < -0.39 is 5.97 Å². The molecule has 1 amide bonds. The quantitative estimate of drug-likeness (QED) is 0.651. The highest BCUT2D eigenvalue weighted by atomic mass is 35.5. The molecule has 0 radical (unpaired) electrons. The van der Waals surface area contributed by atoms with Gasteiger partial charge < -0.3 is 10.1 Å². The van der Waals surface area contributed by atoms with Crippen LogP contribution in [0.4, 0.5) is 5.00 Å². The minimum absolute atomic E-state index is 0.244. The van der Waals surface area contributed by atoms with Gasteiger partial charge in [-0.15, -0.1) is 11.3 Å². The molecule has 1 fully saturated rings. The highest BCUT2D eigenvalue weighted by Crippen LogP contribution is 2.46. The Hall–Kier alpha value is -1.92. The van der Waals surface area contributed by atoms with Crippen LogP contribution in [0.3, 0.4) is 0 Å². The number of thiophene rings is 1. The molecule has 0 aromatic carbocycles. The van der Waals surface area contributed by atoms with E-state index in [4.69, 9.17) is 16.3 Å². The van der Waals surface area contributed by atoms with Gasteiger partial charge in [0.25, 0.3) is 5.91 Å². The normalized spacial score (nSPS) is 13.7. The van der Waals surface area contributed by atoms with Crippen LogP contribution in [-0.2, 0) is 4.74 Å². The number of rotatable bonds is 5. The molecule has 0 atom stereocenters. The molecule has 1 saturated carbocycles. The second-order valence-corrected chi connectivity index (χ2v) is 6.48. The van der Waals surface area contributed by atoms with Gasteiger partial charge in [-0.3, -0.25) is 4.79 Å². The monoisotopic (exact) mass is 350 g/mol. The van der Waals surface area contributed by atoms with E-state index in [1.54, 1.807) is 13.0 Å². The van der Waals surface area contributed by atoms with Gasteiger partial charge in [0.15, 0.2) is 0 Å². The molecule has 1 aliphatic carbocycles. The van der Waals surface area contributed by atoms with E-state index in [1.807, 2.05) is 5.38 Å². The molecule has 1 N–H and O–H groups in total. The maximum Gasteiger partial charge on any atom is 0.341 e. The molecule has 0 unspecified atom stereocenters. The minimum Gasteiger partial charge on any atom is -0.462 e. The molecule has 0 saturated heterocycles. The summed E-state index contributed by atoms with van der Waals surface area (Å²) in [4.78, 5) is 28.5. The molecule has 23 heavy (non-hydrogen) atoms. The van der Waals surface area contributed by atoms with E-state index in [0.29, 0.717) is 28.7 Å². The van der Waals surface area contributed by atoms with Gasteiger partial charge >= 0.3 is 5.97 Å². The lowest BCUT2D eigenvalue weighted by Crippen LogP contribution is -2.15. The first-order valence-electron chi connectivity index (χ1n) is 7.31. The van der Waals surface area contributed by atoms with Crippen molar-refractivity contribution >= 4 is 39.8 Å². The zero-order chi connectivity index (χ0) is 16.4. The largest absolute Gasteiger partial charge is 0.462 e. The van der Waals surface area contributed by atoms with Crippen LogP contribution >= 0.6 is 22.9 Å². The van der Waals surface area contributed by atoms with Crippen molar-refractivity contribution in [2.45, 2.75) is 25.7 Å². The molecule has 0 spiro atoms. The van der Waals surface area contributed by atoms with Crippen LogP contribution in [0.5, 0.6) is 0 Å². The molecular weight excluding hydrogens is 336 g/mol. The second-order valence-electron chi connectivity index (χ2n) is 5.21. The highest BCUT2D eigenvalue weighted by Gasteiger charge is 2.32. The third-order valence-electron chi connectivity index (χ3n) is 3.53. The van der Waals surface area contributed by atoms with E-state index in [2.05, 4.69) is 10.3 Å². The smallest absolute Gasteiger partial charge is 0.341 e. The molecule has 1 aliphatic rings. The molecule has 3 rings (SSSR count). The molecule has 0 aliphatic heterocycles. The molecule has 0 bridgehead atoms. The summed E-state index contributed by atoms with van der Waals surface area (Å²) >= 11 is 7.15. The third-order valence-corrected chi connectivity index (χ3v) is 4.65. The Balaban J connectivity index is 1.87. The number of hydrogen-bond donors (Lipinski definition) is 1. The van der Waals surface area contributed by atoms with E-state index >= 15 is 0 Å². The Morgan fingerprint density at radius 3 is 2.91 bits per heavy atom. The summed E-state index contributed by atoms with van der Waals surface area (Å²) in [6.07, 6.45) is 3.60. The highest BCUT2D eigenvalue weighted by molar-refractivity contribution is 7.15. The Kier molecular flexibility index (Phi) is 4.63. The first-order valence-corrected chi connectivity index (χ1v) is 8.57. The van der Waals surface area contributed by atoms with Crippen LogP contribution in [0.1, 0.15) is 52.0 Å². The maximum absolute atomic E-state index is 12.4. The topological polar surface area (TPSA) is 68.3 Å². The number of carbonyl (C=O) groups is 2. The Morgan fingerprint density at radius 1 is 1.48 bits per heavy atom. The average Bonchev–Trinajstić information content (AvgIpc) is 3.28. The summed E-state index contributed by atoms with van der Waals surface area (Å²) in [7, 11) is 0. The number of aromatic nitrogens is 1. The Bertz CT molecular complexity index is 756. The van der Waals surface area contributed by atoms with Crippen molar-refractivity contribution < 1.29 is 14.3 Å². The zero-order valence-electron chi connectivity index (χ0n) is 12.5. The number of nitrogens with zero attached hydrogens (tertiary/aromatic N) is 1. The van der Waals surface area contributed by atoms with Crippen LogP contribution in [-0.4, -0.2) is 23.5 Å². The fourth-order valence-electron chi connectivity index (χ4n) is 2.29. The van der Waals surface area contributed by atoms with Gasteiger partial charge in [-0.2, -0.15) is 0 Å². The van der Waals surface area contributed by atoms with Gasteiger partial charge in [-0.25, -0.2) is 9.78 Å². The first-order chi connectivity index (χ1) is 11.1. The standard InChI is InChI=1S/C16H15ClN2O3S/c1-2-22-16(21)13-11(9-3-4-9)8-23-15(13)19-14(20)10-5-6-18-12(17)7-10/h5-9H,2-4H2,1H3,(H,19,20). The summed E-state index contributed by atoms with van der Waals surface area (Å²) in [5.41, 5.74) is 1.84. The molecule has 2 aromatic heterocycles. The summed E-state index contributed by atoms with van der Waals surface area (Å²) in [5.74, 6) is -0.325. The summed E-state index contributed by atoms with van der Waals surface area (Å²) in [6.45, 7) is 2.06. The number of nitrogens with one attached hydrogen (secondary N) is 1. The van der Waals surface area contributed by atoms with Crippen LogP contribution in [0, 0.1) is 0 Å². The number of carbonyl (C=O) groups excluding carboxylic acids is 2. The first kappa shape index (κ1) is 16.0. The maximum atomic E-state index is 12.4. The van der Waals surface area contributed by atoms with Crippen molar-refractivity contribution in [3.63, 3.8) is 0 Å². The average molecular weight is 351 g/mol. The number of hydrogen-bond acceptors (Lipinski definition) is 5. The van der Waals surface area contributed by atoms with Gasteiger partial charge in [-0.1, -0.05) is 11.6 Å². The number of ether oxygens (including phenoxy) is 1. The van der Waals surface area contributed by atoms with Gasteiger partial charge in [0, 0.05) is 11.8 Å². The van der Waals surface area contributed by atoms with Crippen molar-refractivity contribution in [2.24, 2.45) is 0 Å². The SMILES string of the molecule is CCOC(=O)c1c(C2CC2)csc1NC(=O)c1ccnc(Cl)c1. The lowest BCUT2D eigenvalue weighted by atomic mass is 10.1. The number of halogens is 1. The molecule has 7 heteroatoms. The van der Waals surface area contributed by atoms with Crippen LogP contribution in [0.2, 0.25) is 5.15 Å². The van der Waals surface area contributed by atoms with Crippen molar-refractivity contribution in [1.29, 1.82) is 0 Å². The summed E-state index contributed by atoms with van der Waals surface area (Å²) < 4.78 is 5.14. The number of esters is 1. The fourth-order valence-corrected chi connectivity index (χ4v) is 3.49. The van der Waals surface area contributed by atoms with E-state index in [0.717, 1.165) is 18.4 Å². The fraction of sp³-hybridized carbons (Fsp3) is 0.312. The lowest BCUT2D eigenvalue weighted by Gasteiger charge is -2.08. The van der Waals surface area contributed by atoms with E-state index in [9.17, 15) is 9.59 Å². The molecule has 120 valence electrons.